The summed E-state index contributed by atoms with van der Waals surface area (Å²) in [5.41, 5.74) is 3.74. The maximum Gasteiger partial charge on any atom is 0.119 e. The first-order valence-electron chi connectivity index (χ1n) is 6.54. The molecule has 0 saturated heterocycles. The molecule has 19 heavy (non-hydrogen) atoms. The molecular weight excluding hydrogens is 236 g/mol. The Hall–Kier alpha value is -1.87. The van der Waals surface area contributed by atoms with E-state index in [-0.39, 0.29) is 6.04 Å². The number of aryl methyl sites for hydroxylation is 1. The minimum absolute atomic E-state index is 0.160. The number of nitrogens with one attached hydrogen (secondary N) is 1. The van der Waals surface area contributed by atoms with Gasteiger partial charge in [-0.25, -0.2) is 0 Å². The van der Waals surface area contributed by atoms with Crippen molar-refractivity contribution in [3.63, 3.8) is 0 Å². The number of pyridine rings is 1. The van der Waals surface area contributed by atoms with Crippen molar-refractivity contribution in [3.05, 3.63) is 59.4 Å². The highest BCUT2D eigenvalue weighted by Crippen LogP contribution is 2.27. The van der Waals surface area contributed by atoms with E-state index in [1.54, 1.807) is 7.11 Å². The third-order valence-corrected chi connectivity index (χ3v) is 3.35. The number of methoxy groups -OCH3 is 1. The number of rotatable bonds is 5. The molecule has 0 bridgehead atoms. The van der Waals surface area contributed by atoms with Gasteiger partial charge in [-0.1, -0.05) is 19.1 Å². The van der Waals surface area contributed by atoms with Crippen LogP contribution in [0.15, 0.2) is 42.7 Å². The molecule has 0 fully saturated rings. The molecule has 0 aliphatic rings. The first-order chi connectivity index (χ1) is 9.30. The Morgan fingerprint density at radius 1 is 1.32 bits per heavy atom. The van der Waals surface area contributed by atoms with Crippen LogP contribution in [0.25, 0.3) is 0 Å². The zero-order chi connectivity index (χ0) is 13.7. The number of ether oxygens (including phenoxy) is 1. The van der Waals surface area contributed by atoms with E-state index in [2.05, 4.69) is 35.4 Å². The molecule has 1 aromatic carbocycles. The van der Waals surface area contributed by atoms with Crippen molar-refractivity contribution in [1.29, 1.82) is 0 Å². The fraction of sp³-hybridized carbons (Fsp3) is 0.312. The zero-order valence-electron chi connectivity index (χ0n) is 11.7. The van der Waals surface area contributed by atoms with Gasteiger partial charge in [0.1, 0.15) is 5.75 Å². The third-order valence-electron chi connectivity index (χ3n) is 3.35. The van der Waals surface area contributed by atoms with Crippen LogP contribution < -0.4 is 10.1 Å². The Morgan fingerprint density at radius 2 is 2.16 bits per heavy atom. The van der Waals surface area contributed by atoms with E-state index in [9.17, 15) is 0 Å². The van der Waals surface area contributed by atoms with Crippen LogP contribution in [-0.2, 0) is 6.42 Å². The minimum Gasteiger partial charge on any atom is -0.497 e. The minimum atomic E-state index is 0.160. The van der Waals surface area contributed by atoms with Gasteiger partial charge in [0.15, 0.2) is 0 Å². The Labute approximate surface area is 114 Å². The van der Waals surface area contributed by atoms with Gasteiger partial charge in [0, 0.05) is 12.4 Å². The molecular formula is C16H20N2O. The summed E-state index contributed by atoms with van der Waals surface area (Å²) in [5, 5.41) is 3.38. The molecule has 0 aliphatic carbocycles. The van der Waals surface area contributed by atoms with Crippen molar-refractivity contribution in [2.45, 2.75) is 19.4 Å². The Balaban J connectivity index is 2.43. The number of hydrogen-bond acceptors (Lipinski definition) is 3. The normalized spacial score (nSPS) is 12.2. The Morgan fingerprint density at radius 3 is 2.84 bits per heavy atom. The van der Waals surface area contributed by atoms with E-state index in [1.165, 1.54) is 16.7 Å². The highest BCUT2D eigenvalue weighted by molar-refractivity contribution is 5.39. The van der Waals surface area contributed by atoms with E-state index in [0.29, 0.717) is 0 Å². The summed E-state index contributed by atoms with van der Waals surface area (Å²) in [7, 11) is 3.67. The van der Waals surface area contributed by atoms with Crippen LogP contribution in [0.4, 0.5) is 0 Å². The van der Waals surface area contributed by atoms with Gasteiger partial charge >= 0.3 is 0 Å². The van der Waals surface area contributed by atoms with Gasteiger partial charge in [0.25, 0.3) is 0 Å². The molecule has 1 aromatic heterocycles. The van der Waals surface area contributed by atoms with Gasteiger partial charge in [-0.15, -0.1) is 0 Å². The average molecular weight is 256 g/mol. The molecule has 3 heteroatoms. The highest BCUT2D eigenvalue weighted by Gasteiger charge is 2.15. The molecule has 100 valence electrons. The molecule has 0 saturated carbocycles. The maximum atomic E-state index is 5.30. The van der Waals surface area contributed by atoms with Crippen LogP contribution in [0.5, 0.6) is 5.75 Å². The molecule has 2 rings (SSSR count). The predicted octanol–water partition coefficient (Wildman–Crippen LogP) is 2.96. The molecule has 3 nitrogen and oxygen atoms in total. The number of benzene rings is 1. The molecule has 0 spiro atoms. The van der Waals surface area contributed by atoms with Crippen LogP contribution in [0.1, 0.15) is 29.7 Å². The topological polar surface area (TPSA) is 34.2 Å². The van der Waals surface area contributed by atoms with Crippen molar-refractivity contribution in [2.24, 2.45) is 0 Å². The number of hydrogen-bond donors (Lipinski definition) is 1. The first-order valence-corrected chi connectivity index (χ1v) is 6.54. The van der Waals surface area contributed by atoms with Gasteiger partial charge in [0.05, 0.1) is 13.2 Å². The Kier molecular flexibility index (Phi) is 4.53. The first kappa shape index (κ1) is 13.6. The molecule has 1 unspecified atom stereocenters. The van der Waals surface area contributed by atoms with Crippen molar-refractivity contribution in [1.82, 2.24) is 10.3 Å². The summed E-state index contributed by atoms with van der Waals surface area (Å²) in [6, 6.07) is 10.4. The molecule has 2 aromatic rings. The molecule has 0 amide bonds. The molecule has 1 heterocycles. The summed E-state index contributed by atoms with van der Waals surface area (Å²) < 4.78 is 5.30. The van der Waals surface area contributed by atoms with Gasteiger partial charge in [0.2, 0.25) is 0 Å². The summed E-state index contributed by atoms with van der Waals surface area (Å²) in [6.45, 7) is 2.15. The maximum absolute atomic E-state index is 5.30. The van der Waals surface area contributed by atoms with Crippen molar-refractivity contribution in [2.75, 3.05) is 14.2 Å². The van der Waals surface area contributed by atoms with Gasteiger partial charge < -0.3 is 10.1 Å². The fourth-order valence-corrected chi connectivity index (χ4v) is 2.34. The predicted molar refractivity (Wildman–Crippen MR) is 77.5 cm³/mol. The van der Waals surface area contributed by atoms with E-state index in [1.807, 2.05) is 31.6 Å². The second-order valence-corrected chi connectivity index (χ2v) is 4.43. The van der Waals surface area contributed by atoms with E-state index in [4.69, 9.17) is 4.74 Å². The molecule has 1 N–H and O–H groups in total. The molecule has 0 radical (unpaired) electrons. The highest BCUT2D eigenvalue weighted by atomic mass is 16.5. The van der Waals surface area contributed by atoms with Gasteiger partial charge in [-0.2, -0.15) is 0 Å². The summed E-state index contributed by atoms with van der Waals surface area (Å²) in [4.78, 5) is 4.21. The van der Waals surface area contributed by atoms with Gasteiger partial charge in [-0.3, -0.25) is 4.98 Å². The summed E-state index contributed by atoms with van der Waals surface area (Å²) >= 11 is 0. The molecule has 0 aliphatic heterocycles. The second-order valence-electron chi connectivity index (χ2n) is 4.43. The smallest absolute Gasteiger partial charge is 0.119 e. The van der Waals surface area contributed by atoms with Crippen LogP contribution >= 0.6 is 0 Å². The van der Waals surface area contributed by atoms with Crippen LogP contribution in [0, 0.1) is 0 Å². The summed E-state index contributed by atoms with van der Waals surface area (Å²) in [6.07, 6.45) is 4.77. The van der Waals surface area contributed by atoms with Crippen molar-refractivity contribution >= 4 is 0 Å². The van der Waals surface area contributed by atoms with E-state index < -0.39 is 0 Å². The van der Waals surface area contributed by atoms with Crippen LogP contribution in [-0.4, -0.2) is 19.1 Å². The van der Waals surface area contributed by atoms with Gasteiger partial charge in [-0.05, 0) is 48.4 Å². The van der Waals surface area contributed by atoms with E-state index in [0.717, 1.165) is 12.2 Å². The van der Waals surface area contributed by atoms with Crippen LogP contribution in [0.3, 0.4) is 0 Å². The lowest BCUT2D eigenvalue weighted by Crippen LogP contribution is -2.19. The lowest BCUT2D eigenvalue weighted by molar-refractivity contribution is 0.413. The largest absolute Gasteiger partial charge is 0.497 e. The monoisotopic (exact) mass is 256 g/mol. The molecule has 1 atom stereocenters. The summed E-state index contributed by atoms with van der Waals surface area (Å²) in [5.74, 6) is 0.879. The fourth-order valence-electron chi connectivity index (χ4n) is 2.34. The van der Waals surface area contributed by atoms with E-state index >= 15 is 0 Å². The van der Waals surface area contributed by atoms with Crippen LogP contribution in [0.2, 0.25) is 0 Å². The lowest BCUT2D eigenvalue weighted by Gasteiger charge is -2.20. The standard InChI is InChI=1S/C16H20N2O/c1-4-12-11-18-9-8-15(12)16(17-2)13-6-5-7-14(10-13)19-3/h5-11,16-17H,4H2,1-3H3. The van der Waals surface area contributed by atoms with Crippen molar-refractivity contribution in [3.8, 4) is 5.75 Å². The lowest BCUT2D eigenvalue weighted by atomic mass is 9.95. The number of nitrogens with zero attached hydrogens (tertiary/aromatic N) is 1. The zero-order valence-corrected chi connectivity index (χ0v) is 11.7. The van der Waals surface area contributed by atoms with Crippen molar-refractivity contribution < 1.29 is 4.74 Å². The average Bonchev–Trinajstić information content (AvgIpc) is 2.49. The number of aromatic nitrogens is 1. The quantitative estimate of drug-likeness (QED) is 0.893. The third kappa shape index (κ3) is 2.93. The second kappa shape index (κ2) is 6.34. The SMILES string of the molecule is CCc1cnccc1C(NC)c1cccc(OC)c1. The Bertz CT molecular complexity index is 540.